The molecule has 0 aliphatic carbocycles. The highest BCUT2D eigenvalue weighted by Crippen LogP contribution is 2.22. The second-order valence-electron chi connectivity index (χ2n) is 5.25. The van der Waals surface area contributed by atoms with Crippen molar-refractivity contribution in [1.29, 1.82) is 0 Å². The maximum atomic E-state index is 3.58. The molecular weight excluding hydrogens is 332 g/mol. The van der Waals surface area contributed by atoms with Crippen molar-refractivity contribution < 1.29 is 0 Å². The van der Waals surface area contributed by atoms with Crippen LogP contribution in [-0.2, 0) is 6.42 Å². The molecule has 0 radical (unpaired) electrons. The summed E-state index contributed by atoms with van der Waals surface area (Å²) >= 11 is 3.58. The molecule has 0 bridgehead atoms. The molecule has 0 aromatic heterocycles. The van der Waals surface area contributed by atoms with Crippen molar-refractivity contribution in [2.24, 2.45) is 0 Å². The van der Waals surface area contributed by atoms with Gasteiger partial charge in [0.05, 0.1) is 0 Å². The van der Waals surface area contributed by atoms with Gasteiger partial charge in [0.2, 0.25) is 0 Å². The molecule has 0 atom stereocenters. The molecule has 0 fully saturated rings. The average Bonchev–Trinajstić information content (AvgIpc) is 2.56. The quantitative estimate of drug-likeness (QED) is 0.491. The average molecular weight is 349 g/mol. The van der Waals surface area contributed by atoms with Gasteiger partial charge in [-0.15, -0.1) is 0 Å². The Morgan fingerprint density at radius 1 is 0.727 bits per heavy atom. The second kappa shape index (κ2) is 7.24. The summed E-state index contributed by atoms with van der Waals surface area (Å²) in [4.78, 5) is 0. The lowest BCUT2D eigenvalue weighted by atomic mass is 9.99. The third-order valence-corrected chi connectivity index (χ3v) is 4.09. The summed E-state index contributed by atoms with van der Waals surface area (Å²) in [5.41, 5.74) is 5.13. The largest absolute Gasteiger partial charge is 0.0622 e. The van der Waals surface area contributed by atoms with Crippen LogP contribution in [0, 0.1) is 0 Å². The number of hydrogen-bond donors (Lipinski definition) is 0. The van der Waals surface area contributed by atoms with Gasteiger partial charge in [-0.1, -0.05) is 94.8 Å². The van der Waals surface area contributed by atoms with Crippen molar-refractivity contribution >= 4 is 28.1 Å². The first-order valence-corrected chi connectivity index (χ1v) is 8.16. The first kappa shape index (κ1) is 14.8. The van der Waals surface area contributed by atoms with Crippen molar-refractivity contribution in [2.75, 3.05) is 0 Å². The van der Waals surface area contributed by atoms with E-state index < -0.39 is 0 Å². The topological polar surface area (TPSA) is 0 Å². The molecule has 108 valence electrons. The lowest BCUT2D eigenvalue weighted by Crippen LogP contribution is -1.91. The van der Waals surface area contributed by atoms with Crippen molar-refractivity contribution in [3.8, 4) is 0 Å². The molecule has 0 heterocycles. The molecule has 3 aromatic carbocycles. The zero-order valence-corrected chi connectivity index (χ0v) is 13.8. The van der Waals surface area contributed by atoms with Crippen LogP contribution >= 0.6 is 15.9 Å². The van der Waals surface area contributed by atoms with E-state index in [9.17, 15) is 0 Å². The monoisotopic (exact) mass is 348 g/mol. The summed E-state index contributed by atoms with van der Waals surface area (Å²) in [5, 5.41) is 0. The van der Waals surface area contributed by atoms with E-state index in [4.69, 9.17) is 0 Å². The Morgan fingerprint density at radius 3 is 2.14 bits per heavy atom. The van der Waals surface area contributed by atoms with E-state index in [1.807, 2.05) is 6.07 Å². The normalized spacial score (nSPS) is 11.0. The predicted molar refractivity (Wildman–Crippen MR) is 98.8 cm³/mol. The summed E-state index contributed by atoms with van der Waals surface area (Å²) < 4.78 is 1.12. The lowest BCUT2D eigenvalue weighted by Gasteiger charge is -2.07. The molecule has 0 unspecified atom stereocenters. The van der Waals surface area contributed by atoms with Gasteiger partial charge in [-0.3, -0.25) is 0 Å². The molecule has 0 aliphatic rings. The second-order valence-corrected chi connectivity index (χ2v) is 6.17. The maximum absolute atomic E-state index is 3.58. The molecule has 0 nitrogen and oxygen atoms in total. The maximum Gasteiger partial charge on any atom is 0.0178 e. The highest BCUT2D eigenvalue weighted by atomic mass is 79.9. The SMILES string of the molecule is Brc1ccc(/C=C/c2ccccc2)c(Cc2ccccc2)c1. The van der Waals surface area contributed by atoms with Crippen molar-refractivity contribution in [1.82, 2.24) is 0 Å². The van der Waals surface area contributed by atoms with Gasteiger partial charge in [-0.25, -0.2) is 0 Å². The van der Waals surface area contributed by atoms with Gasteiger partial charge in [-0.05, 0) is 40.8 Å². The van der Waals surface area contributed by atoms with E-state index in [-0.39, 0.29) is 0 Å². The highest BCUT2D eigenvalue weighted by molar-refractivity contribution is 9.10. The van der Waals surface area contributed by atoms with E-state index in [0.717, 1.165) is 10.9 Å². The van der Waals surface area contributed by atoms with Gasteiger partial charge in [0, 0.05) is 4.47 Å². The Morgan fingerprint density at radius 2 is 1.41 bits per heavy atom. The number of rotatable bonds is 4. The molecule has 3 aromatic rings. The van der Waals surface area contributed by atoms with E-state index in [0.29, 0.717) is 0 Å². The van der Waals surface area contributed by atoms with E-state index in [2.05, 4.69) is 101 Å². The van der Waals surface area contributed by atoms with Crippen LogP contribution in [-0.4, -0.2) is 0 Å². The first-order valence-electron chi connectivity index (χ1n) is 7.37. The molecule has 22 heavy (non-hydrogen) atoms. The smallest absolute Gasteiger partial charge is 0.0178 e. The molecule has 0 N–H and O–H groups in total. The van der Waals surface area contributed by atoms with E-state index >= 15 is 0 Å². The van der Waals surface area contributed by atoms with Crippen molar-refractivity contribution in [3.63, 3.8) is 0 Å². The fourth-order valence-electron chi connectivity index (χ4n) is 2.46. The minimum Gasteiger partial charge on any atom is -0.0622 e. The third-order valence-electron chi connectivity index (χ3n) is 3.60. The van der Waals surface area contributed by atoms with Crippen LogP contribution in [0.2, 0.25) is 0 Å². The number of hydrogen-bond acceptors (Lipinski definition) is 0. The molecule has 0 aliphatic heterocycles. The molecular formula is C21H17Br. The minimum atomic E-state index is 0.939. The zero-order chi connectivity index (χ0) is 15.2. The van der Waals surface area contributed by atoms with Crippen LogP contribution in [0.1, 0.15) is 22.3 Å². The summed E-state index contributed by atoms with van der Waals surface area (Å²) in [6.45, 7) is 0. The van der Waals surface area contributed by atoms with Crippen molar-refractivity contribution in [2.45, 2.75) is 6.42 Å². The zero-order valence-electron chi connectivity index (χ0n) is 12.2. The molecule has 3 rings (SSSR count). The van der Waals surface area contributed by atoms with Gasteiger partial charge in [0.1, 0.15) is 0 Å². The van der Waals surface area contributed by atoms with Crippen LogP contribution in [0.4, 0.5) is 0 Å². The Balaban J connectivity index is 1.89. The summed E-state index contributed by atoms with van der Waals surface area (Å²) in [6, 6.07) is 27.4. The van der Waals surface area contributed by atoms with E-state index in [1.54, 1.807) is 0 Å². The first-order chi connectivity index (χ1) is 10.8. The summed E-state index contributed by atoms with van der Waals surface area (Å²) in [6.07, 6.45) is 5.30. The van der Waals surface area contributed by atoms with Crippen LogP contribution < -0.4 is 0 Å². The standard InChI is InChI=1S/C21H17Br/c22-21-14-13-19(12-11-17-7-3-1-4-8-17)20(16-21)15-18-9-5-2-6-10-18/h1-14,16H,15H2/b12-11+. The molecule has 0 amide bonds. The Kier molecular flexibility index (Phi) is 4.87. The van der Waals surface area contributed by atoms with Gasteiger partial charge in [0.15, 0.2) is 0 Å². The molecule has 0 saturated heterocycles. The van der Waals surface area contributed by atoms with Gasteiger partial charge >= 0.3 is 0 Å². The molecule has 1 heteroatoms. The fourth-order valence-corrected chi connectivity index (χ4v) is 2.86. The molecule has 0 spiro atoms. The third kappa shape index (κ3) is 3.96. The minimum absolute atomic E-state index is 0.939. The Bertz CT molecular complexity index is 758. The fraction of sp³-hybridized carbons (Fsp3) is 0.0476. The predicted octanol–water partition coefficient (Wildman–Crippen LogP) is 6.21. The highest BCUT2D eigenvalue weighted by Gasteiger charge is 2.02. The van der Waals surface area contributed by atoms with Gasteiger partial charge in [-0.2, -0.15) is 0 Å². The van der Waals surface area contributed by atoms with Crippen LogP contribution in [0.3, 0.4) is 0 Å². The Labute approximate surface area is 140 Å². The lowest BCUT2D eigenvalue weighted by molar-refractivity contribution is 1.18. The van der Waals surface area contributed by atoms with Gasteiger partial charge < -0.3 is 0 Å². The van der Waals surface area contributed by atoms with Crippen molar-refractivity contribution in [3.05, 3.63) is 106 Å². The summed E-state index contributed by atoms with van der Waals surface area (Å²) in [7, 11) is 0. The van der Waals surface area contributed by atoms with Crippen LogP contribution in [0.5, 0.6) is 0 Å². The number of benzene rings is 3. The van der Waals surface area contributed by atoms with Crippen LogP contribution in [0.25, 0.3) is 12.2 Å². The van der Waals surface area contributed by atoms with Crippen LogP contribution in [0.15, 0.2) is 83.3 Å². The number of halogens is 1. The van der Waals surface area contributed by atoms with Gasteiger partial charge in [0.25, 0.3) is 0 Å². The summed E-state index contributed by atoms with van der Waals surface area (Å²) in [5.74, 6) is 0. The Hall–Kier alpha value is -2.12. The molecule has 0 saturated carbocycles. The van der Waals surface area contributed by atoms with E-state index in [1.165, 1.54) is 22.3 Å².